The van der Waals surface area contributed by atoms with E-state index in [-0.39, 0.29) is 0 Å². The lowest BCUT2D eigenvalue weighted by atomic mass is 10.2. The maximum Gasteiger partial charge on any atom is 0.0192 e. The van der Waals surface area contributed by atoms with Gasteiger partial charge in [-0.2, -0.15) is 0 Å². The maximum absolute atomic E-state index is 3.52. The molecule has 1 saturated heterocycles. The quantitative estimate of drug-likeness (QED) is 0.733. The summed E-state index contributed by atoms with van der Waals surface area (Å²) in [5, 5.41) is 3.52. The second-order valence-electron chi connectivity index (χ2n) is 3.67. The molecule has 0 radical (unpaired) electrons. The van der Waals surface area contributed by atoms with Crippen LogP contribution in [0.25, 0.3) is 0 Å². The van der Waals surface area contributed by atoms with Crippen molar-refractivity contribution in [1.29, 1.82) is 0 Å². The molecule has 0 saturated carbocycles. The first-order chi connectivity index (χ1) is 6.86. The highest BCUT2D eigenvalue weighted by Gasteiger charge is 2.14. The Bertz CT molecular complexity index is 109. The van der Waals surface area contributed by atoms with Crippen molar-refractivity contribution in [3.8, 4) is 0 Å². The van der Waals surface area contributed by atoms with Crippen LogP contribution in [0, 0.1) is 0 Å². The van der Waals surface area contributed by atoms with Crippen LogP contribution in [-0.4, -0.2) is 37.1 Å². The second-order valence-corrected chi connectivity index (χ2v) is 3.67. The van der Waals surface area contributed by atoms with Crippen LogP contribution in [0.3, 0.4) is 0 Å². The van der Waals surface area contributed by atoms with E-state index in [0.29, 0.717) is 6.04 Å². The minimum atomic E-state index is 0.716. The highest BCUT2D eigenvalue weighted by molar-refractivity contribution is 4.73. The van der Waals surface area contributed by atoms with E-state index in [9.17, 15) is 0 Å². The van der Waals surface area contributed by atoms with Crippen LogP contribution < -0.4 is 5.32 Å². The van der Waals surface area contributed by atoms with Gasteiger partial charge in [0.25, 0.3) is 0 Å². The smallest absolute Gasteiger partial charge is 0.0192 e. The molecule has 1 rings (SSSR count). The molecule has 0 aromatic heterocycles. The largest absolute Gasteiger partial charge is 0.313 e. The third-order valence-corrected chi connectivity index (χ3v) is 2.66. The molecule has 0 aromatic carbocycles. The summed E-state index contributed by atoms with van der Waals surface area (Å²) >= 11 is 0. The van der Waals surface area contributed by atoms with Gasteiger partial charge in [-0.3, -0.25) is 0 Å². The van der Waals surface area contributed by atoms with Crippen molar-refractivity contribution in [2.75, 3.05) is 26.2 Å². The molecule has 0 spiro atoms. The van der Waals surface area contributed by atoms with Gasteiger partial charge < -0.3 is 10.2 Å². The van der Waals surface area contributed by atoms with E-state index in [2.05, 4.69) is 24.1 Å². The summed E-state index contributed by atoms with van der Waals surface area (Å²) in [6, 6.07) is 0.716. The lowest BCUT2D eigenvalue weighted by molar-refractivity contribution is 0.288. The van der Waals surface area contributed by atoms with Crippen molar-refractivity contribution < 1.29 is 0 Å². The van der Waals surface area contributed by atoms with Gasteiger partial charge in [0, 0.05) is 12.6 Å². The summed E-state index contributed by atoms with van der Waals surface area (Å²) in [4.78, 5) is 2.58. The van der Waals surface area contributed by atoms with Gasteiger partial charge in [-0.1, -0.05) is 27.7 Å². The number of likely N-dealkylation sites (tertiary alicyclic amines) is 1. The Hall–Kier alpha value is -0.0800. The highest BCUT2D eigenvalue weighted by atomic mass is 15.2. The topological polar surface area (TPSA) is 15.3 Å². The van der Waals surface area contributed by atoms with Gasteiger partial charge in [-0.25, -0.2) is 0 Å². The fourth-order valence-corrected chi connectivity index (χ4v) is 1.90. The fourth-order valence-electron chi connectivity index (χ4n) is 1.90. The van der Waals surface area contributed by atoms with E-state index in [1.54, 1.807) is 0 Å². The van der Waals surface area contributed by atoms with Crippen molar-refractivity contribution >= 4 is 0 Å². The minimum Gasteiger partial charge on any atom is -0.313 e. The molecule has 1 aliphatic heterocycles. The molecule has 2 nitrogen and oxygen atoms in total. The first-order valence-corrected chi connectivity index (χ1v) is 6.32. The Balaban J connectivity index is 0.000000791. The number of hydrogen-bond donors (Lipinski definition) is 1. The summed E-state index contributed by atoms with van der Waals surface area (Å²) in [6.45, 7) is 13.5. The number of likely N-dealkylation sites (N-methyl/N-ethyl adjacent to an activating group) is 1. The molecule has 1 heterocycles. The molecule has 1 N–H and O–H groups in total. The van der Waals surface area contributed by atoms with E-state index in [4.69, 9.17) is 0 Å². The Labute approximate surface area is 90.1 Å². The third-order valence-electron chi connectivity index (χ3n) is 2.66. The zero-order valence-corrected chi connectivity index (χ0v) is 10.5. The predicted octanol–water partition coefficient (Wildman–Crippen LogP) is 2.50. The van der Waals surface area contributed by atoms with Crippen molar-refractivity contribution in [1.82, 2.24) is 10.2 Å². The SMILES string of the molecule is CC.CCNC(CC)CN1CCCC1. The zero-order valence-electron chi connectivity index (χ0n) is 10.5. The molecule has 0 aromatic rings. The summed E-state index contributed by atoms with van der Waals surface area (Å²) < 4.78 is 0. The summed E-state index contributed by atoms with van der Waals surface area (Å²) in [6.07, 6.45) is 4.06. The van der Waals surface area contributed by atoms with E-state index < -0.39 is 0 Å². The summed E-state index contributed by atoms with van der Waals surface area (Å²) in [7, 11) is 0. The molecule has 0 aliphatic carbocycles. The van der Waals surface area contributed by atoms with Gasteiger partial charge >= 0.3 is 0 Å². The van der Waals surface area contributed by atoms with Crippen LogP contribution in [0.2, 0.25) is 0 Å². The first kappa shape index (κ1) is 13.9. The fraction of sp³-hybridized carbons (Fsp3) is 1.00. The Morgan fingerprint density at radius 3 is 2.14 bits per heavy atom. The average molecular weight is 200 g/mol. The Morgan fingerprint density at radius 2 is 1.71 bits per heavy atom. The van der Waals surface area contributed by atoms with Crippen molar-refractivity contribution in [3.63, 3.8) is 0 Å². The van der Waals surface area contributed by atoms with Crippen LogP contribution in [0.1, 0.15) is 47.0 Å². The normalized spacial score (nSPS) is 18.9. The van der Waals surface area contributed by atoms with Gasteiger partial charge in [-0.05, 0) is 38.9 Å². The van der Waals surface area contributed by atoms with Crippen molar-refractivity contribution in [2.45, 2.75) is 53.0 Å². The van der Waals surface area contributed by atoms with Gasteiger partial charge in [0.05, 0.1) is 0 Å². The van der Waals surface area contributed by atoms with Gasteiger partial charge in [0.2, 0.25) is 0 Å². The maximum atomic E-state index is 3.52. The zero-order chi connectivity index (χ0) is 10.8. The molecule has 1 aliphatic rings. The average Bonchev–Trinajstić information content (AvgIpc) is 2.73. The minimum absolute atomic E-state index is 0.716. The molecule has 0 bridgehead atoms. The molecular weight excluding hydrogens is 172 g/mol. The molecule has 1 unspecified atom stereocenters. The van der Waals surface area contributed by atoms with Crippen molar-refractivity contribution in [3.05, 3.63) is 0 Å². The monoisotopic (exact) mass is 200 g/mol. The van der Waals surface area contributed by atoms with Crippen LogP contribution in [0.15, 0.2) is 0 Å². The molecule has 86 valence electrons. The number of nitrogens with zero attached hydrogens (tertiary/aromatic N) is 1. The summed E-state index contributed by atoms with van der Waals surface area (Å²) in [5.74, 6) is 0. The second kappa shape index (κ2) is 9.47. The first-order valence-electron chi connectivity index (χ1n) is 6.32. The number of nitrogens with one attached hydrogen (secondary N) is 1. The van der Waals surface area contributed by atoms with Crippen LogP contribution in [-0.2, 0) is 0 Å². The summed E-state index contributed by atoms with van der Waals surface area (Å²) in [5.41, 5.74) is 0. The number of hydrogen-bond acceptors (Lipinski definition) is 2. The van der Waals surface area contributed by atoms with Gasteiger partial charge in [0.15, 0.2) is 0 Å². The molecule has 1 atom stereocenters. The predicted molar refractivity (Wildman–Crippen MR) is 64.8 cm³/mol. The Morgan fingerprint density at radius 1 is 1.14 bits per heavy atom. The standard InChI is InChI=1S/C10H22N2.C2H6/c1-3-10(11-4-2)9-12-7-5-6-8-12;1-2/h10-11H,3-9H2,1-2H3;1-2H3. The van der Waals surface area contributed by atoms with E-state index in [1.807, 2.05) is 13.8 Å². The number of rotatable bonds is 5. The van der Waals surface area contributed by atoms with Crippen LogP contribution >= 0.6 is 0 Å². The molecule has 14 heavy (non-hydrogen) atoms. The molecule has 0 amide bonds. The third kappa shape index (κ3) is 5.61. The molecule has 2 heteroatoms. The van der Waals surface area contributed by atoms with E-state index >= 15 is 0 Å². The highest BCUT2D eigenvalue weighted by Crippen LogP contribution is 2.08. The van der Waals surface area contributed by atoms with Crippen LogP contribution in [0.5, 0.6) is 0 Å². The van der Waals surface area contributed by atoms with E-state index in [1.165, 1.54) is 38.9 Å². The lowest BCUT2D eigenvalue weighted by Crippen LogP contribution is -2.39. The van der Waals surface area contributed by atoms with E-state index in [0.717, 1.165) is 6.54 Å². The van der Waals surface area contributed by atoms with Gasteiger partial charge in [0.1, 0.15) is 0 Å². The molecule has 1 fully saturated rings. The molecular formula is C12H28N2. The van der Waals surface area contributed by atoms with Crippen LogP contribution in [0.4, 0.5) is 0 Å². The van der Waals surface area contributed by atoms with Crippen molar-refractivity contribution in [2.24, 2.45) is 0 Å². The van der Waals surface area contributed by atoms with Gasteiger partial charge in [-0.15, -0.1) is 0 Å². The lowest BCUT2D eigenvalue weighted by Gasteiger charge is -2.22. The Kier molecular flexibility index (Phi) is 9.42.